The molecule has 0 aliphatic carbocycles. The van der Waals surface area contributed by atoms with Crippen molar-refractivity contribution in [3.63, 3.8) is 0 Å². The van der Waals surface area contributed by atoms with E-state index in [1.807, 2.05) is 0 Å². The normalized spacial score (nSPS) is 12.4. The molecule has 0 rings (SSSR count). The molecule has 0 aliphatic rings. The standard InChI is InChI=1S/C38H78/c1-4-7-9-11-13-15-17-19-21-23-25-27-29-31-33-35-37-38(6-3)36-34-32-30-28-26-24-22-20-18-16-14-12-10-8-5-2/h38H,4-37H2,1-3H3. The van der Waals surface area contributed by atoms with Crippen LogP contribution in [-0.4, -0.2) is 0 Å². The third kappa shape index (κ3) is 32.2. The van der Waals surface area contributed by atoms with Crippen LogP contribution in [0.15, 0.2) is 0 Å². The molecule has 230 valence electrons. The maximum absolute atomic E-state index is 2.43. The predicted molar refractivity (Wildman–Crippen MR) is 177 cm³/mol. The smallest absolute Gasteiger partial charge is 0.0417 e. The molecule has 0 fully saturated rings. The van der Waals surface area contributed by atoms with Gasteiger partial charge in [-0.05, 0) is 5.92 Å². The van der Waals surface area contributed by atoms with Gasteiger partial charge in [0.1, 0.15) is 0 Å². The summed E-state index contributed by atoms with van der Waals surface area (Å²) in [5.74, 6) is 1.02. The lowest BCUT2D eigenvalue weighted by molar-refractivity contribution is 0.392. The topological polar surface area (TPSA) is 0 Å². The van der Waals surface area contributed by atoms with Crippen LogP contribution in [0.1, 0.15) is 239 Å². The van der Waals surface area contributed by atoms with E-state index in [-0.39, 0.29) is 0 Å². The van der Waals surface area contributed by atoms with Crippen molar-refractivity contribution in [2.75, 3.05) is 0 Å². The molecular weight excluding hydrogens is 456 g/mol. The minimum Gasteiger partial charge on any atom is -0.0654 e. The number of unbranched alkanes of at least 4 members (excludes halogenated alkanes) is 29. The molecule has 0 aromatic rings. The van der Waals surface area contributed by atoms with Crippen molar-refractivity contribution >= 4 is 0 Å². The highest BCUT2D eigenvalue weighted by molar-refractivity contribution is 4.59. The lowest BCUT2D eigenvalue weighted by atomic mass is 9.92. The van der Waals surface area contributed by atoms with Gasteiger partial charge < -0.3 is 0 Å². The van der Waals surface area contributed by atoms with E-state index in [2.05, 4.69) is 20.8 Å². The Morgan fingerprint density at radius 2 is 0.421 bits per heavy atom. The maximum atomic E-state index is 2.43. The fourth-order valence-corrected chi connectivity index (χ4v) is 6.34. The molecule has 0 radical (unpaired) electrons. The SMILES string of the molecule is CCCCCCCCCCCCCCCCCCC(CC)CCCCCCCCCCCCCCCCC. The quantitative estimate of drug-likeness (QED) is 0.0720. The van der Waals surface area contributed by atoms with Gasteiger partial charge in [0.25, 0.3) is 0 Å². The van der Waals surface area contributed by atoms with Gasteiger partial charge in [-0.1, -0.05) is 239 Å². The second kappa shape index (κ2) is 35.0. The van der Waals surface area contributed by atoms with Gasteiger partial charge in [-0.25, -0.2) is 0 Å². The van der Waals surface area contributed by atoms with Crippen LogP contribution in [0.5, 0.6) is 0 Å². The first-order chi connectivity index (χ1) is 18.8. The minimum absolute atomic E-state index is 1.02. The summed E-state index contributed by atoms with van der Waals surface area (Å²) in [5, 5.41) is 0. The Labute approximate surface area is 244 Å². The van der Waals surface area contributed by atoms with Gasteiger partial charge in [0, 0.05) is 0 Å². The van der Waals surface area contributed by atoms with Gasteiger partial charge >= 0.3 is 0 Å². The molecular formula is C38H78. The largest absolute Gasteiger partial charge is 0.0654 e. The molecule has 0 bridgehead atoms. The summed E-state index contributed by atoms with van der Waals surface area (Å²) in [6.07, 6.45) is 50.3. The minimum atomic E-state index is 1.02. The lowest BCUT2D eigenvalue weighted by Gasteiger charge is -2.14. The van der Waals surface area contributed by atoms with Crippen molar-refractivity contribution in [3.05, 3.63) is 0 Å². The highest BCUT2D eigenvalue weighted by Gasteiger charge is 2.06. The van der Waals surface area contributed by atoms with E-state index in [1.165, 1.54) is 218 Å². The maximum Gasteiger partial charge on any atom is -0.0417 e. The lowest BCUT2D eigenvalue weighted by Crippen LogP contribution is -1.99. The molecule has 1 unspecified atom stereocenters. The molecule has 0 heterocycles. The van der Waals surface area contributed by atoms with E-state index in [1.54, 1.807) is 0 Å². The Kier molecular flexibility index (Phi) is 35.0. The van der Waals surface area contributed by atoms with Crippen molar-refractivity contribution in [3.8, 4) is 0 Å². The number of hydrogen-bond donors (Lipinski definition) is 0. The van der Waals surface area contributed by atoms with Crippen molar-refractivity contribution in [2.45, 2.75) is 239 Å². The monoisotopic (exact) mass is 535 g/mol. The molecule has 0 saturated carbocycles. The Balaban J connectivity index is 3.25. The second-order valence-corrected chi connectivity index (χ2v) is 13.1. The van der Waals surface area contributed by atoms with Gasteiger partial charge in [0.2, 0.25) is 0 Å². The first-order valence-electron chi connectivity index (χ1n) is 18.8. The van der Waals surface area contributed by atoms with Gasteiger partial charge in [-0.15, -0.1) is 0 Å². The first-order valence-corrected chi connectivity index (χ1v) is 18.8. The van der Waals surface area contributed by atoms with Crippen LogP contribution in [0.3, 0.4) is 0 Å². The number of hydrogen-bond acceptors (Lipinski definition) is 0. The molecule has 0 saturated heterocycles. The van der Waals surface area contributed by atoms with Gasteiger partial charge in [-0.3, -0.25) is 0 Å². The van der Waals surface area contributed by atoms with Crippen LogP contribution in [0.25, 0.3) is 0 Å². The molecule has 0 amide bonds. The van der Waals surface area contributed by atoms with E-state index in [0.717, 1.165) is 5.92 Å². The molecule has 0 aliphatic heterocycles. The first kappa shape index (κ1) is 38.0. The third-order valence-corrected chi connectivity index (χ3v) is 9.26. The van der Waals surface area contributed by atoms with Gasteiger partial charge in [0.15, 0.2) is 0 Å². The third-order valence-electron chi connectivity index (χ3n) is 9.26. The molecule has 1 atom stereocenters. The van der Waals surface area contributed by atoms with Crippen molar-refractivity contribution in [1.29, 1.82) is 0 Å². The van der Waals surface area contributed by atoms with Crippen LogP contribution in [0.2, 0.25) is 0 Å². The van der Waals surface area contributed by atoms with Crippen LogP contribution in [0.4, 0.5) is 0 Å². The predicted octanol–water partition coefficient (Wildman–Crippen LogP) is 14.9. The summed E-state index contributed by atoms with van der Waals surface area (Å²) < 4.78 is 0. The second-order valence-electron chi connectivity index (χ2n) is 13.1. The van der Waals surface area contributed by atoms with Crippen molar-refractivity contribution in [2.24, 2.45) is 5.92 Å². The van der Waals surface area contributed by atoms with E-state index in [4.69, 9.17) is 0 Å². The zero-order valence-electron chi connectivity index (χ0n) is 27.6. The highest BCUT2D eigenvalue weighted by Crippen LogP contribution is 2.22. The van der Waals surface area contributed by atoms with E-state index in [0.29, 0.717) is 0 Å². The summed E-state index contributed by atoms with van der Waals surface area (Å²) in [6.45, 7) is 7.05. The summed E-state index contributed by atoms with van der Waals surface area (Å²) >= 11 is 0. The Hall–Kier alpha value is 0. The van der Waals surface area contributed by atoms with Crippen LogP contribution >= 0.6 is 0 Å². The van der Waals surface area contributed by atoms with Gasteiger partial charge in [0.05, 0.1) is 0 Å². The van der Waals surface area contributed by atoms with Crippen LogP contribution < -0.4 is 0 Å². The molecule has 0 spiro atoms. The van der Waals surface area contributed by atoms with Crippen LogP contribution in [0, 0.1) is 5.92 Å². The average Bonchev–Trinajstić information content (AvgIpc) is 2.93. The fourth-order valence-electron chi connectivity index (χ4n) is 6.34. The van der Waals surface area contributed by atoms with Gasteiger partial charge in [-0.2, -0.15) is 0 Å². The molecule has 0 heteroatoms. The molecule has 0 nitrogen and oxygen atoms in total. The Bertz CT molecular complexity index is 385. The van der Waals surface area contributed by atoms with Crippen molar-refractivity contribution in [1.82, 2.24) is 0 Å². The van der Waals surface area contributed by atoms with Crippen molar-refractivity contribution < 1.29 is 0 Å². The Morgan fingerprint density at radius 1 is 0.237 bits per heavy atom. The zero-order valence-corrected chi connectivity index (χ0v) is 27.6. The average molecular weight is 535 g/mol. The van der Waals surface area contributed by atoms with E-state index in [9.17, 15) is 0 Å². The summed E-state index contributed by atoms with van der Waals surface area (Å²) in [7, 11) is 0. The van der Waals surface area contributed by atoms with Crippen LogP contribution in [-0.2, 0) is 0 Å². The molecule has 0 aromatic heterocycles. The zero-order chi connectivity index (χ0) is 27.6. The number of rotatable bonds is 34. The molecule has 0 aromatic carbocycles. The highest BCUT2D eigenvalue weighted by atomic mass is 14.1. The summed E-state index contributed by atoms with van der Waals surface area (Å²) in [6, 6.07) is 0. The summed E-state index contributed by atoms with van der Waals surface area (Å²) in [5.41, 5.74) is 0. The summed E-state index contributed by atoms with van der Waals surface area (Å²) in [4.78, 5) is 0. The van der Waals surface area contributed by atoms with E-state index < -0.39 is 0 Å². The molecule has 0 N–H and O–H groups in total. The molecule has 38 heavy (non-hydrogen) atoms. The Morgan fingerprint density at radius 3 is 0.605 bits per heavy atom. The fraction of sp³-hybridized carbons (Fsp3) is 1.00. The van der Waals surface area contributed by atoms with E-state index >= 15 is 0 Å².